The normalized spacial score (nSPS) is 15.7. The highest BCUT2D eigenvalue weighted by Gasteiger charge is 2.33. The summed E-state index contributed by atoms with van der Waals surface area (Å²) in [6.45, 7) is 6.87. The molecule has 184 valence electrons. The van der Waals surface area contributed by atoms with Crippen molar-refractivity contribution in [3.05, 3.63) is 69.1 Å². The first-order valence-electron chi connectivity index (χ1n) is 11.7. The second-order valence-corrected chi connectivity index (χ2v) is 11.3. The molecule has 0 fully saturated rings. The summed E-state index contributed by atoms with van der Waals surface area (Å²) >= 11 is 7.63. The number of aliphatic imine (C=N–C) groups is 1. The van der Waals surface area contributed by atoms with E-state index in [-0.39, 0.29) is 11.3 Å². The highest BCUT2D eigenvalue weighted by molar-refractivity contribution is 7.16. The Morgan fingerprint density at radius 3 is 2.54 bits per heavy atom. The van der Waals surface area contributed by atoms with Crippen molar-refractivity contribution in [3.63, 3.8) is 0 Å². The van der Waals surface area contributed by atoms with Crippen molar-refractivity contribution in [2.24, 2.45) is 16.3 Å². The van der Waals surface area contributed by atoms with Gasteiger partial charge in [0.1, 0.15) is 5.00 Å². The molecule has 4 rings (SSSR count). The van der Waals surface area contributed by atoms with Gasteiger partial charge >= 0.3 is 0 Å². The molecular weight excluding hydrogens is 480 g/mol. The summed E-state index contributed by atoms with van der Waals surface area (Å²) in [7, 11) is 3.22. The van der Waals surface area contributed by atoms with E-state index < -0.39 is 0 Å². The summed E-state index contributed by atoms with van der Waals surface area (Å²) in [6.07, 6.45) is 4.64. The smallest absolute Gasteiger partial charge is 0.259 e. The maximum atomic E-state index is 13.5. The lowest BCUT2D eigenvalue weighted by molar-refractivity contribution is 0.102. The number of hydrogen-bond donors (Lipinski definition) is 1. The molecule has 1 atom stereocenters. The molecule has 1 aliphatic rings. The van der Waals surface area contributed by atoms with E-state index in [1.807, 2.05) is 18.2 Å². The van der Waals surface area contributed by atoms with E-state index in [2.05, 4.69) is 26.1 Å². The van der Waals surface area contributed by atoms with Gasteiger partial charge in [0.05, 0.1) is 19.8 Å². The number of para-hydroxylation sites is 1. The fraction of sp³-hybridized carbons (Fsp3) is 0.357. The van der Waals surface area contributed by atoms with Crippen LogP contribution in [0, 0.1) is 11.3 Å². The van der Waals surface area contributed by atoms with E-state index in [1.165, 1.54) is 4.88 Å². The van der Waals surface area contributed by atoms with Gasteiger partial charge in [0, 0.05) is 27.4 Å². The number of anilines is 1. The number of ether oxygens (including phenoxy) is 2. The second-order valence-electron chi connectivity index (χ2n) is 9.79. The minimum atomic E-state index is -0.149. The monoisotopic (exact) mass is 510 g/mol. The molecule has 0 aliphatic heterocycles. The van der Waals surface area contributed by atoms with Gasteiger partial charge in [-0.3, -0.25) is 4.79 Å². The van der Waals surface area contributed by atoms with Crippen molar-refractivity contribution >= 4 is 45.7 Å². The molecule has 2 aromatic carbocycles. The van der Waals surface area contributed by atoms with Gasteiger partial charge in [-0.15, -0.1) is 11.3 Å². The lowest BCUT2D eigenvalue weighted by Gasteiger charge is -2.33. The molecule has 35 heavy (non-hydrogen) atoms. The van der Waals surface area contributed by atoms with Gasteiger partial charge in [-0.05, 0) is 72.6 Å². The Kier molecular flexibility index (Phi) is 7.53. The number of fused-ring (bicyclic) bond motifs is 1. The standard InChI is InChI=1S/C28H31ClN2O3S/c1-28(2,3)18-9-14-21-23(15-18)35-27(24(21)26(32)31-20-12-10-19(29)11-13-20)30-16-17-7-6-8-22(33-4)25(17)34-5/h6-8,10-13,16,18H,9,14-15H2,1-5H3,(H,31,32)/b30-16+. The number of thiophene rings is 1. The average Bonchev–Trinajstić information content (AvgIpc) is 3.21. The third-order valence-electron chi connectivity index (χ3n) is 6.55. The van der Waals surface area contributed by atoms with Crippen molar-refractivity contribution in [1.82, 2.24) is 0 Å². The van der Waals surface area contributed by atoms with Gasteiger partial charge in [0.2, 0.25) is 0 Å². The Balaban J connectivity index is 1.73. The van der Waals surface area contributed by atoms with Crippen molar-refractivity contribution in [3.8, 4) is 11.5 Å². The predicted molar refractivity (Wildman–Crippen MR) is 145 cm³/mol. The van der Waals surface area contributed by atoms with Crippen LogP contribution in [-0.4, -0.2) is 26.3 Å². The molecule has 1 unspecified atom stereocenters. The molecular formula is C28H31ClN2O3S. The Bertz CT molecular complexity index is 1240. The van der Waals surface area contributed by atoms with Crippen molar-refractivity contribution in [1.29, 1.82) is 0 Å². The Hall–Kier alpha value is -2.83. The second kappa shape index (κ2) is 10.4. The molecule has 1 heterocycles. The van der Waals surface area contributed by atoms with E-state index in [0.717, 1.165) is 30.4 Å². The maximum Gasteiger partial charge on any atom is 0.259 e. The molecule has 0 saturated carbocycles. The summed E-state index contributed by atoms with van der Waals surface area (Å²) in [5.41, 5.74) is 3.48. The predicted octanol–water partition coefficient (Wildman–Crippen LogP) is 7.57. The summed E-state index contributed by atoms with van der Waals surface area (Å²) < 4.78 is 11.0. The SMILES string of the molecule is COc1cccc(/C=N/c2sc3c(c2C(=O)Nc2ccc(Cl)cc2)CCC(C(C)(C)C)C3)c1OC. The van der Waals surface area contributed by atoms with Crippen molar-refractivity contribution in [2.75, 3.05) is 19.5 Å². The number of carbonyl (C=O) groups is 1. The van der Waals surface area contributed by atoms with Crippen molar-refractivity contribution < 1.29 is 14.3 Å². The third-order valence-corrected chi connectivity index (χ3v) is 7.97. The lowest BCUT2D eigenvalue weighted by atomic mass is 9.72. The first kappa shape index (κ1) is 25.3. The van der Waals surface area contributed by atoms with Gasteiger partial charge in [-0.1, -0.05) is 38.4 Å². The number of rotatable bonds is 6. The molecule has 1 N–H and O–H groups in total. The lowest BCUT2D eigenvalue weighted by Crippen LogP contribution is -2.27. The van der Waals surface area contributed by atoms with Crippen LogP contribution >= 0.6 is 22.9 Å². The number of nitrogens with zero attached hydrogens (tertiary/aromatic N) is 1. The minimum absolute atomic E-state index is 0.149. The molecule has 3 aromatic rings. The number of methoxy groups -OCH3 is 2. The van der Waals surface area contributed by atoms with Crippen LogP contribution in [0.5, 0.6) is 11.5 Å². The van der Waals surface area contributed by atoms with Crippen LogP contribution in [0.3, 0.4) is 0 Å². The highest BCUT2D eigenvalue weighted by Crippen LogP contribution is 2.45. The molecule has 0 radical (unpaired) electrons. The van der Waals surface area contributed by atoms with Crippen molar-refractivity contribution in [2.45, 2.75) is 40.0 Å². The van der Waals surface area contributed by atoms with Gasteiger partial charge in [-0.25, -0.2) is 4.99 Å². The van der Waals surface area contributed by atoms with Gasteiger partial charge in [-0.2, -0.15) is 0 Å². The van der Waals surface area contributed by atoms with E-state index in [1.54, 1.807) is 56.0 Å². The summed E-state index contributed by atoms with van der Waals surface area (Å²) in [6, 6.07) is 12.8. The molecule has 5 nitrogen and oxygen atoms in total. The zero-order chi connectivity index (χ0) is 25.2. The Labute approximate surface area is 216 Å². The van der Waals surface area contributed by atoms with Gasteiger partial charge < -0.3 is 14.8 Å². The Morgan fingerprint density at radius 1 is 1.14 bits per heavy atom. The number of hydrogen-bond acceptors (Lipinski definition) is 5. The van der Waals surface area contributed by atoms with Crippen LogP contribution in [-0.2, 0) is 12.8 Å². The maximum absolute atomic E-state index is 13.5. The quantitative estimate of drug-likeness (QED) is 0.348. The number of nitrogens with one attached hydrogen (secondary N) is 1. The number of amides is 1. The molecule has 1 aliphatic carbocycles. The Morgan fingerprint density at radius 2 is 1.89 bits per heavy atom. The zero-order valence-corrected chi connectivity index (χ0v) is 22.3. The molecule has 0 saturated heterocycles. The third kappa shape index (κ3) is 5.54. The average molecular weight is 511 g/mol. The number of carbonyl (C=O) groups excluding carboxylic acids is 1. The van der Waals surface area contributed by atoms with Crippen LogP contribution in [0.2, 0.25) is 5.02 Å². The van der Waals surface area contributed by atoms with E-state index in [9.17, 15) is 4.79 Å². The molecule has 0 bridgehead atoms. The molecule has 0 spiro atoms. The summed E-state index contributed by atoms with van der Waals surface area (Å²) in [5, 5.41) is 4.37. The fourth-order valence-corrected chi connectivity index (χ4v) is 5.90. The van der Waals surface area contributed by atoms with Crippen LogP contribution < -0.4 is 14.8 Å². The zero-order valence-electron chi connectivity index (χ0n) is 20.8. The van der Waals surface area contributed by atoms with Gasteiger partial charge in [0.25, 0.3) is 5.91 Å². The first-order chi connectivity index (χ1) is 16.7. The van der Waals surface area contributed by atoms with Crippen LogP contribution in [0.4, 0.5) is 10.7 Å². The number of benzene rings is 2. The first-order valence-corrected chi connectivity index (χ1v) is 12.9. The summed E-state index contributed by atoms with van der Waals surface area (Å²) in [4.78, 5) is 19.6. The van der Waals surface area contributed by atoms with Crippen LogP contribution in [0.25, 0.3) is 0 Å². The molecule has 1 amide bonds. The number of halogens is 1. The van der Waals surface area contributed by atoms with Gasteiger partial charge in [0.15, 0.2) is 11.5 Å². The van der Waals surface area contributed by atoms with E-state index in [4.69, 9.17) is 26.1 Å². The van der Waals surface area contributed by atoms with E-state index >= 15 is 0 Å². The summed E-state index contributed by atoms with van der Waals surface area (Å²) in [5.74, 6) is 1.66. The van der Waals surface area contributed by atoms with Crippen LogP contribution in [0.1, 0.15) is 53.6 Å². The van der Waals surface area contributed by atoms with E-state index in [0.29, 0.717) is 38.7 Å². The molecule has 1 aromatic heterocycles. The minimum Gasteiger partial charge on any atom is -0.493 e. The topological polar surface area (TPSA) is 59.9 Å². The molecule has 7 heteroatoms. The van der Waals surface area contributed by atoms with Crippen LogP contribution in [0.15, 0.2) is 47.5 Å². The highest BCUT2D eigenvalue weighted by atomic mass is 35.5. The fourth-order valence-electron chi connectivity index (χ4n) is 4.50. The largest absolute Gasteiger partial charge is 0.493 e.